The molecule has 0 bridgehead atoms. The highest BCUT2D eigenvalue weighted by molar-refractivity contribution is 9.10. The van der Waals surface area contributed by atoms with E-state index >= 15 is 0 Å². The molecule has 1 unspecified atom stereocenters. The average Bonchev–Trinajstić information content (AvgIpc) is 2.90. The van der Waals surface area contributed by atoms with Gasteiger partial charge in [-0.2, -0.15) is 0 Å². The lowest BCUT2D eigenvalue weighted by molar-refractivity contribution is 0.0575. The number of rotatable bonds is 1. The Morgan fingerprint density at radius 3 is 2.90 bits per heavy atom. The zero-order chi connectivity index (χ0) is 14.5. The fourth-order valence-electron chi connectivity index (χ4n) is 2.55. The van der Waals surface area contributed by atoms with E-state index in [1.54, 1.807) is 11.8 Å². The highest BCUT2D eigenvalue weighted by atomic mass is 79.9. The largest absolute Gasteiger partial charge is 0.397 e. The Kier molecular flexibility index (Phi) is 3.27. The van der Waals surface area contributed by atoms with Crippen molar-refractivity contribution in [2.75, 3.05) is 18.8 Å². The van der Waals surface area contributed by atoms with Gasteiger partial charge in [0.1, 0.15) is 4.88 Å². The Balaban J connectivity index is 2.01. The van der Waals surface area contributed by atoms with Crippen molar-refractivity contribution in [2.45, 2.75) is 18.9 Å². The van der Waals surface area contributed by atoms with E-state index in [1.807, 2.05) is 18.2 Å². The van der Waals surface area contributed by atoms with E-state index in [-0.39, 0.29) is 5.91 Å². The smallest absolute Gasteiger partial charge is 0.266 e. The summed E-state index contributed by atoms with van der Waals surface area (Å²) in [5.41, 5.74) is 5.88. The number of nitrogen functional groups attached to an aromatic ring is 1. The fraction of sp³-hybridized carbons (Fsp3) is 0.357. The van der Waals surface area contributed by atoms with Crippen molar-refractivity contribution in [3.05, 3.63) is 27.5 Å². The van der Waals surface area contributed by atoms with Gasteiger partial charge in [-0.1, -0.05) is 22.0 Å². The summed E-state index contributed by atoms with van der Waals surface area (Å²) in [4.78, 5) is 14.8. The van der Waals surface area contributed by atoms with Crippen molar-refractivity contribution in [1.29, 1.82) is 0 Å². The molecule has 1 aromatic carbocycles. The number of thiophene rings is 1. The number of anilines is 1. The average molecular weight is 355 g/mol. The maximum absolute atomic E-state index is 12.6. The van der Waals surface area contributed by atoms with Crippen LogP contribution in [0.2, 0.25) is 0 Å². The minimum atomic E-state index is -0.790. The van der Waals surface area contributed by atoms with Gasteiger partial charge >= 0.3 is 0 Å². The van der Waals surface area contributed by atoms with Crippen LogP contribution in [0.25, 0.3) is 10.1 Å². The molecule has 2 aromatic rings. The predicted molar refractivity (Wildman–Crippen MR) is 85.1 cm³/mol. The number of halogens is 1. The SMILES string of the molecule is CC1(O)CCN(C(=O)c2sc3cccc(Br)c3c2N)C1. The Morgan fingerprint density at radius 2 is 2.30 bits per heavy atom. The van der Waals surface area contributed by atoms with Gasteiger partial charge in [-0.3, -0.25) is 4.79 Å². The van der Waals surface area contributed by atoms with E-state index in [4.69, 9.17) is 5.73 Å². The lowest BCUT2D eigenvalue weighted by atomic mass is 10.1. The van der Waals surface area contributed by atoms with Gasteiger partial charge in [-0.05, 0) is 25.5 Å². The summed E-state index contributed by atoms with van der Waals surface area (Å²) in [7, 11) is 0. The van der Waals surface area contributed by atoms with Gasteiger partial charge < -0.3 is 15.7 Å². The van der Waals surface area contributed by atoms with Crippen molar-refractivity contribution in [3.8, 4) is 0 Å². The molecular formula is C14H15BrN2O2S. The van der Waals surface area contributed by atoms with Crippen LogP contribution < -0.4 is 5.73 Å². The topological polar surface area (TPSA) is 66.6 Å². The van der Waals surface area contributed by atoms with Crippen LogP contribution in [0.1, 0.15) is 23.0 Å². The highest BCUT2D eigenvalue weighted by Crippen LogP contribution is 2.39. The standard InChI is InChI=1S/C14H15BrN2O2S/c1-14(19)5-6-17(7-14)13(18)12-11(16)10-8(15)3-2-4-9(10)20-12/h2-4,19H,5-7,16H2,1H3. The number of carbonyl (C=O) groups excluding carboxylic acids is 1. The molecule has 4 nitrogen and oxygen atoms in total. The third-order valence-electron chi connectivity index (χ3n) is 3.63. The van der Waals surface area contributed by atoms with E-state index in [2.05, 4.69) is 15.9 Å². The molecule has 1 aliphatic heterocycles. The van der Waals surface area contributed by atoms with Crippen molar-refractivity contribution >= 4 is 48.9 Å². The second kappa shape index (κ2) is 4.72. The van der Waals surface area contributed by atoms with E-state index in [0.717, 1.165) is 14.6 Å². The van der Waals surface area contributed by atoms with E-state index < -0.39 is 5.60 Å². The van der Waals surface area contributed by atoms with Crippen molar-refractivity contribution < 1.29 is 9.90 Å². The van der Waals surface area contributed by atoms with Gasteiger partial charge in [-0.25, -0.2) is 0 Å². The summed E-state index contributed by atoms with van der Waals surface area (Å²) in [5.74, 6) is -0.0895. The number of fused-ring (bicyclic) bond motifs is 1. The number of amides is 1. The molecule has 0 radical (unpaired) electrons. The molecule has 1 aliphatic rings. The van der Waals surface area contributed by atoms with Crippen LogP contribution in [0.4, 0.5) is 5.69 Å². The number of β-amino-alcohol motifs (C(OH)–C–C–N with tert-alkyl or cyclic N) is 1. The predicted octanol–water partition coefficient (Wildman–Crippen LogP) is 2.84. The fourth-order valence-corrected chi connectivity index (χ4v) is 4.38. The van der Waals surface area contributed by atoms with Gasteiger partial charge in [0.2, 0.25) is 0 Å². The molecule has 3 rings (SSSR count). The molecule has 1 fully saturated rings. The van der Waals surface area contributed by atoms with Crippen LogP contribution in [0.5, 0.6) is 0 Å². The molecule has 0 spiro atoms. The summed E-state index contributed by atoms with van der Waals surface area (Å²) in [6.45, 7) is 2.69. The molecule has 0 aliphatic carbocycles. The monoisotopic (exact) mass is 354 g/mol. The first-order chi connectivity index (χ1) is 9.39. The van der Waals surface area contributed by atoms with Crippen LogP contribution in [0, 0.1) is 0 Å². The molecule has 1 atom stereocenters. The van der Waals surface area contributed by atoms with Gasteiger partial charge in [0, 0.05) is 27.6 Å². The van der Waals surface area contributed by atoms with Crippen molar-refractivity contribution in [1.82, 2.24) is 4.90 Å². The van der Waals surface area contributed by atoms with Crippen molar-refractivity contribution in [2.24, 2.45) is 0 Å². The second-order valence-corrected chi connectivity index (χ2v) is 7.34. The van der Waals surface area contributed by atoms with Crippen LogP contribution in [0.3, 0.4) is 0 Å². The summed E-state index contributed by atoms with van der Waals surface area (Å²) < 4.78 is 1.89. The maximum Gasteiger partial charge on any atom is 0.266 e. The number of hydrogen-bond acceptors (Lipinski definition) is 4. The molecule has 1 saturated heterocycles. The summed E-state index contributed by atoms with van der Waals surface area (Å²) in [6.07, 6.45) is 0.604. The molecule has 20 heavy (non-hydrogen) atoms. The zero-order valence-electron chi connectivity index (χ0n) is 11.0. The first-order valence-corrected chi connectivity index (χ1v) is 7.98. The molecule has 1 aromatic heterocycles. The first-order valence-electron chi connectivity index (χ1n) is 6.37. The second-order valence-electron chi connectivity index (χ2n) is 5.43. The van der Waals surface area contributed by atoms with Gasteiger partial charge in [0.25, 0.3) is 5.91 Å². The number of nitrogens with zero attached hydrogens (tertiary/aromatic N) is 1. The number of hydrogen-bond donors (Lipinski definition) is 2. The highest BCUT2D eigenvalue weighted by Gasteiger charge is 2.35. The van der Waals surface area contributed by atoms with E-state index in [0.29, 0.717) is 30.1 Å². The molecule has 2 heterocycles. The Bertz CT molecular complexity index is 696. The quantitative estimate of drug-likeness (QED) is 0.827. The third kappa shape index (κ3) is 2.21. The number of carbonyl (C=O) groups is 1. The summed E-state index contributed by atoms with van der Waals surface area (Å²) in [6, 6.07) is 5.80. The maximum atomic E-state index is 12.6. The van der Waals surface area contributed by atoms with Crippen molar-refractivity contribution in [3.63, 3.8) is 0 Å². The summed E-state index contributed by atoms with van der Waals surface area (Å²) in [5, 5.41) is 10.9. The van der Waals surface area contributed by atoms with Gasteiger partial charge in [0.15, 0.2) is 0 Å². The lowest BCUT2D eigenvalue weighted by Crippen LogP contribution is -2.33. The van der Waals surface area contributed by atoms with Gasteiger partial charge in [-0.15, -0.1) is 11.3 Å². The molecule has 0 saturated carbocycles. The Labute approximate surface area is 129 Å². The summed E-state index contributed by atoms with van der Waals surface area (Å²) >= 11 is 4.88. The van der Waals surface area contributed by atoms with Crippen LogP contribution in [0.15, 0.2) is 22.7 Å². The zero-order valence-corrected chi connectivity index (χ0v) is 13.4. The van der Waals surface area contributed by atoms with Crippen LogP contribution >= 0.6 is 27.3 Å². The normalized spacial score (nSPS) is 22.6. The third-order valence-corrected chi connectivity index (χ3v) is 5.45. The molecule has 106 valence electrons. The number of benzene rings is 1. The molecule has 1 amide bonds. The molecule has 6 heteroatoms. The number of aliphatic hydroxyl groups is 1. The first kappa shape index (κ1) is 13.9. The van der Waals surface area contributed by atoms with E-state index in [1.165, 1.54) is 11.3 Å². The number of nitrogens with two attached hydrogens (primary N) is 1. The van der Waals surface area contributed by atoms with Crippen LogP contribution in [-0.2, 0) is 0 Å². The minimum Gasteiger partial charge on any atom is -0.397 e. The Hall–Kier alpha value is -1.11. The molecular weight excluding hydrogens is 340 g/mol. The van der Waals surface area contributed by atoms with Crippen LogP contribution in [-0.4, -0.2) is 34.6 Å². The lowest BCUT2D eigenvalue weighted by Gasteiger charge is -2.18. The van der Waals surface area contributed by atoms with E-state index in [9.17, 15) is 9.90 Å². The Morgan fingerprint density at radius 1 is 1.55 bits per heavy atom. The van der Waals surface area contributed by atoms with Gasteiger partial charge in [0.05, 0.1) is 11.3 Å². The minimum absolute atomic E-state index is 0.0895. The number of likely N-dealkylation sites (tertiary alicyclic amines) is 1. The molecule has 3 N–H and O–H groups in total.